The maximum absolute atomic E-state index is 10.9. The Morgan fingerprint density at radius 3 is 1.82 bits per heavy atom. The summed E-state index contributed by atoms with van der Waals surface area (Å²) in [4.78, 5) is 10.3. The maximum atomic E-state index is 10.9. The van der Waals surface area contributed by atoms with Gasteiger partial charge in [0.25, 0.3) is 0 Å². The van der Waals surface area contributed by atoms with Gasteiger partial charge in [-0.1, -0.05) is 115 Å². The van der Waals surface area contributed by atoms with Crippen LogP contribution in [0.4, 0.5) is 0 Å². The molecular formula is C41H28N2O. The van der Waals surface area contributed by atoms with Gasteiger partial charge in [-0.2, -0.15) is 0 Å². The lowest BCUT2D eigenvalue weighted by molar-refractivity contribution is 0.477. The summed E-state index contributed by atoms with van der Waals surface area (Å²) >= 11 is 0. The standard InChI is InChI=1S/C41H28N2O/c44-38-24-23-29(28-12-2-1-3-13-28)27-34(38)30-14-10-15-31(26-30)37-20-11-22-40(43-37)41(39-21-8-9-25-42-39)35-18-6-4-16-32(35)33-17-5-7-19-36(33)41/h1-27,44H. The molecule has 1 aliphatic rings. The molecule has 3 heteroatoms. The quantitative estimate of drug-likeness (QED) is 0.226. The highest BCUT2D eigenvalue weighted by atomic mass is 16.3. The lowest BCUT2D eigenvalue weighted by atomic mass is 9.72. The van der Waals surface area contributed by atoms with Gasteiger partial charge in [-0.3, -0.25) is 9.97 Å². The van der Waals surface area contributed by atoms with Gasteiger partial charge in [0.15, 0.2) is 0 Å². The van der Waals surface area contributed by atoms with Crippen molar-refractivity contribution >= 4 is 0 Å². The highest BCUT2D eigenvalue weighted by Crippen LogP contribution is 2.55. The van der Waals surface area contributed by atoms with Crippen molar-refractivity contribution in [1.29, 1.82) is 0 Å². The molecule has 1 aliphatic carbocycles. The molecule has 0 atom stereocenters. The molecule has 5 aromatic carbocycles. The molecule has 0 bridgehead atoms. The second-order valence-electron chi connectivity index (χ2n) is 11.1. The number of pyridine rings is 2. The SMILES string of the molecule is Oc1ccc(-c2ccccc2)cc1-c1cccc(-c2cccc(C3(c4ccccn4)c4ccccc4-c4ccccc43)n2)c1. The molecule has 0 saturated heterocycles. The number of hydrogen-bond donors (Lipinski definition) is 1. The van der Waals surface area contributed by atoms with E-state index in [1.807, 2.05) is 48.7 Å². The first-order valence-corrected chi connectivity index (χ1v) is 14.8. The number of nitrogens with zero attached hydrogens (tertiary/aromatic N) is 2. The summed E-state index contributed by atoms with van der Waals surface area (Å²) in [6.07, 6.45) is 1.87. The molecule has 8 rings (SSSR count). The zero-order valence-electron chi connectivity index (χ0n) is 23.9. The van der Waals surface area contributed by atoms with E-state index in [1.54, 1.807) is 6.07 Å². The first-order valence-electron chi connectivity index (χ1n) is 14.8. The Bertz CT molecular complexity index is 2090. The lowest BCUT2D eigenvalue weighted by Crippen LogP contribution is -2.31. The second kappa shape index (κ2) is 10.5. The minimum atomic E-state index is -0.662. The van der Waals surface area contributed by atoms with Crippen LogP contribution < -0.4 is 0 Å². The van der Waals surface area contributed by atoms with Crippen molar-refractivity contribution in [2.75, 3.05) is 0 Å². The number of aromatic nitrogens is 2. The van der Waals surface area contributed by atoms with Crippen LogP contribution in [0.2, 0.25) is 0 Å². The topological polar surface area (TPSA) is 46.0 Å². The molecule has 0 amide bonds. The molecule has 2 aromatic heterocycles. The van der Waals surface area contributed by atoms with Crippen molar-refractivity contribution in [3.05, 3.63) is 186 Å². The van der Waals surface area contributed by atoms with Crippen LogP contribution in [0.1, 0.15) is 22.5 Å². The maximum Gasteiger partial charge on any atom is 0.123 e. The minimum Gasteiger partial charge on any atom is -0.507 e. The van der Waals surface area contributed by atoms with Crippen molar-refractivity contribution in [2.24, 2.45) is 0 Å². The number of phenolic OH excluding ortho intramolecular Hbond substituents is 1. The van der Waals surface area contributed by atoms with Crippen molar-refractivity contribution < 1.29 is 5.11 Å². The third kappa shape index (κ3) is 4.05. The zero-order valence-corrected chi connectivity index (χ0v) is 23.9. The summed E-state index contributed by atoms with van der Waals surface area (Å²) < 4.78 is 0. The van der Waals surface area contributed by atoms with Crippen LogP contribution in [0.5, 0.6) is 5.75 Å². The fraction of sp³-hybridized carbons (Fsp3) is 0.0244. The molecule has 0 fully saturated rings. The molecule has 7 aromatic rings. The van der Waals surface area contributed by atoms with Crippen LogP contribution in [-0.4, -0.2) is 15.1 Å². The van der Waals surface area contributed by atoms with E-state index in [1.165, 1.54) is 22.3 Å². The van der Waals surface area contributed by atoms with Gasteiger partial charge in [-0.25, -0.2) is 0 Å². The van der Waals surface area contributed by atoms with Gasteiger partial charge >= 0.3 is 0 Å². The van der Waals surface area contributed by atoms with Gasteiger partial charge < -0.3 is 5.11 Å². The highest BCUT2D eigenvalue weighted by molar-refractivity contribution is 5.86. The summed E-state index contributed by atoms with van der Waals surface area (Å²) in [5.41, 5.74) is 11.7. The number of fused-ring (bicyclic) bond motifs is 3. The summed E-state index contributed by atoms with van der Waals surface area (Å²) in [6, 6.07) is 53.9. The summed E-state index contributed by atoms with van der Waals surface area (Å²) in [6.45, 7) is 0. The van der Waals surface area contributed by atoms with Crippen LogP contribution in [0, 0.1) is 0 Å². The molecule has 208 valence electrons. The molecule has 0 radical (unpaired) electrons. The van der Waals surface area contributed by atoms with E-state index in [4.69, 9.17) is 9.97 Å². The Labute approximate surface area is 256 Å². The van der Waals surface area contributed by atoms with Crippen LogP contribution in [0.15, 0.2) is 164 Å². The van der Waals surface area contributed by atoms with Crippen molar-refractivity contribution in [3.8, 4) is 50.4 Å². The molecule has 0 unspecified atom stereocenters. The van der Waals surface area contributed by atoms with Gasteiger partial charge in [-0.05, 0) is 81.4 Å². The minimum absolute atomic E-state index is 0.247. The molecule has 0 spiro atoms. The summed E-state index contributed by atoms with van der Waals surface area (Å²) in [7, 11) is 0. The normalized spacial score (nSPS) is 12.8. The van der Waals surface area contributed by atoms with E-state index in [0.717, 1.165) is 44.9 Å². The monoisotopic (exact) mass is 564 g/mol. The van der Waals surface area contributed by atoms with Gasteiger partial charge in [0, 0.05) is 17.3 Å². The average Bonchev–Trinajstić information content (AvgIpc) is 3.41. The molecule has 3 nitrogen and oxygen atoms in total. The molecule has 1 N–H and O–H groups in total. The smallest absolute Gasteiger partial charge is 0.123 e. The Morgan fingerprint density at radius 2 is 1.07 bits per heavy atom. The van der Waals surface area contributed by atoms with E-state index >= 15 is 0 Å². The fourth-order valence-corrected chi connectivity index (χ4v) is 6.73. The van der Waals surface area contributed by atoms with Crippen LogP contribution in [0.25, 0.3) is 44.6 Å². The molecule has 0 saturated carbocycles. The second-order valence-corrected chi connectivity index (χ2v) is 11.1. The largest absolute Gasteiger partial charge is 0.507 e. The van der Waals surface area contributed by atoms with Crippen molar-refractivity contribution in [3.63, 3.8) is 0 Å². The number of rotatable bonds is 5. The third-order valence-corrected chi connectivity index (χ3v) is 8.71. The Hall–Kier alpha value is -5.80. The summed E-state index contributed by atoms with van der Waals surface area (Å²) in [5, 5.41) is 10.9. The number of hydrogen-bond acceptors (Lipinski definition) is 3. The summed E-state index contributed by atoms with van der Waals surface area (Å²) in [5.74, 6) is 0.247. The number of phenols is 1. The lowest BCUT2D eigenvalue weighted by Gasteiger charge is -2.31. The van der Waals surface area contributed by atoms with Crippen LogP contribution >= 0.6 is 0 Å². The molecule has 44 heavy (non-hydrogen) atoms. The zero-order chi connectivity index (χ0) is 29.5. The Morgan fingerprint density at radius 1 is 0.432 bits per heavy atom. The predicted octanol–water partition coefficient (Wildman–Crippen LogP) is 9.55. The third-order valence-electron chi connectivity index (χ3n) is 8.71. The fourth-order valence-electron chi connectivity index (χ4n) is 6.73. The van der Waals surface area contributed by atoms with Gasteiger partial charge in [0.05, 0.1) is 17.1 Å². The average molecular weight is 565 g/mol. The van der Waals surface area contributed by atoms with Gasteiger partial charge in [0.2, 0.25) is 0 Å². The predicted molar refractivity (Wildman–Crippen MR) is 177 cm³/mol. The van der Waals surface area contributed by atoms with Crippen molar-refractivity contribution in [1.82, 2.24) is 9.97 Å². The first kappa shape index (κ1) is 25.9. The highest BCUT2D eigenvalue weighted by Gasteiger charge is 2.48. The van der Waals surface area contributed by atoms with Crippen LogP contribution in [-0.2, 0) is 5.41 Å². The first-order chi connectivity index (χ1) is 21.7. The van der Waals surface area contributed by atoms with Crippen LogP contribution in [0.3, 0.4) is 0 Å². The Kier molecular flexibility index (Phi) is 6.16. The van der Waals surface area contributed by atoms with Crippen molar-refractivity contribution in [2.45, 2.75) is 5.41 Å². The van der Waals surface area contributed by atoms with Gasteiger partial charge in [-0.15, -0.1) is 0 Å². The number of benzene rings is 5. The molecule has 2 heterocycles. The van der Waals surface area contributed by atoms with Gasteiger partial charge in [0.1, 0.15) is 11.2 Å². The molecule has 0 aliphatic heterocycles. The van der Waals surface area contributed by atoms with E-state index in [2.05, 4.69) is 109 Å². The van der Waals surface area contributed by atoms with E-state index in [0.29, 0.717) is 0 Å². The number of aromatic hydroxyl groups is 1. The van der Waals surface area contributed by atoms with E-state index in [9.17, 15) is 5.11 Å². The van der Waals surface area contributed by atoms with E-state index in [-0.39, 0.29) is 5.75 Å². The molecular weight excluding hydrogens is 536 g/mol. The Balaban J connectivity index is 1.29. The van der Waals surface area contributed by atoms with E-state index < -0.39 is 5.41 Å².